The maximum atomic E-state index is 11.5. The molecule has 0 aliphatic heterocycles. The predicted molar refractivity (Wildman–Crippen MR) is 69.6 cm³/mol. The zero-order chi connectivity index (χ0) is 13.7. The number of anilines is 1. The van der Waals surface area contributed by atoms with E-state index in [1.165, 1.54) is 6.21 Å². The van der Waals surface area contributed by atoms with Crippen molar-refractivity contribution < 1.29 is 9.42 Å². The summed E-state index contributed by atoms with van der Waals surface area (Å²) in [5, 5.41) is 11.2. The summed E-state index contributed by atoms with van der Waals surface area (Å²) in [4.78, 5) is 11.5. The fraction of sp³-hybridized carbons (Fsp3) is 0.0909. The van der Waals surface area contributed by atoms with Crippen molar-refractivity contribution in [1.82, 2.24) is 15.7 Å². The van der Waals surface area contributed by atoms with Gasteiger partial charge >= 0.3 is 0 Å². The highest BCUT2D eigenvalue weighted by molar-refractivity contribution is 6.33. The molecule has 0 unspecified atom stereocenters. The molecule has 8 heteroatoms. The van der Waals surface area contributed by atoms with Crippen LogP contribution in [0.3, 0.4) is 0 Å². The number of hydrazone groups is 1. The Morgan fingerprint density at radius 1 is 1.47 bits per heavy atom. The maximum absolute atomic E-state index is 11.5. The van der Waals surface area contributed by atoms with Crippen LogP contribution < -0.4 is 11.2 Å². The molecule has 0 aliphatic carbocycles. The third kappa shape index (κ3) is 3.52. The van der Waals surface area contributed by atoms with E-state index in [4.69, 9.17) is 17.3 Å². The summed E-state index contributed by atoms with van der Waals surface area (Å²) in [7, 11) is 0. The number of nitrogens with two attached hydrogens (primary N) is 1. The quantitative estimate of drug-likeness (QED) is 0.641. The Morgan fingerprint density at radius 2 is 2.26 bits per heavy atom. The summed E-state index contributed by atoms with van der Waals surface area (Å²) in [6.07, 6.45) is 1.39. The van der Waals surface area contributed by atoms with E-state index >= 15 is 0 Å². The Balaban J connectivity index is 1.91. The number of nitrogens with zero attached hydrogens (tertiary/aromatic N) is 3. The highest BCUT2D eigenvalue weighted by Crippen LogP contribution is 2.12. The van der Waals surface area contributed by atoms with Crippen molar-refractivity contribution in [3.8, 4) is 0 Å². The molecule has 7 nitrogen and oxygen atoms in total. The molecule has 2 aromatic rings. The predicted octanol–water partition coefficient (Wildman–Crippen LogP) is 0.998. The fourth-order valence-corrected chi connectivity index (χ4v) is 1.47. The van der Waals surface area contributed by atoms with Gasteiger partial charge in [-0.3, -0.25) is 4.79 Å². The van der Waals surface area contributed by atoms with Gasteiger partial charge in [-0.05, 0) is 11.2 Å². The van der Waals surface area contributed by atoms with Crippen molar-refractivity contribution in [1.29, 1.82) is 0 Å². The van der Waals surface area contributed by atoms with Gasteiger partial charge in [0, 0.05) is 10.6 Å². The summed E-state index contributed by atoms with van der Waals surface area (Å²) in [5.74, 6) is -0.295. The molecular formula is C11H10ClN5O2. The summed E-state index contributed by atoms with van der Waals surface area (Å²) in [6, 6.07) is 7.12. The first kappa shape index (κ1) is 13.0. The number of hydrogen-bond acceptors (Lipinski definition) is 6. The second-order valence-corrected chi connectivity index (χ2v) is 3.99. The lowest BCUT2D eigenvalue weighted by Crippen LogP contribution is -2.20. The number of amides is 1. The molecule has 1 heterocycles. The smallest absolute Gasteiger partial charge is 0.246 e. The Morgan fingerprint density at radius 3 is 2.95 bits per heavy atom. The van der Waals surface area contributed by atoms with Gasteiger partial charge in [0.05, 0.1) is 12.6 Å². The van der Waals surface area contributed by atoms with Gasteiger partial charge < -0.3 is 5.73 Å². The van der Waals surface area contributed by atoms with Crippen molar-refractivity contribution in [3.05, 3.63) is 40.5 Å². The van der Waals surface area contributed by atoms with Crippen LogP contribution >= 0.6 is 11.6 Å². The lowest BCUT2D eigenvalue weighted by Gasteiger charge is -1.98. The molecule has 1 amide bonds. The molecule has 98 valence electrons. The third-order valence-corrected chi connectivity index (χ3v) is 2.56. The summed E-state index contributed by atoms with van der Waals surface area (Å²) < 4.78 is 4.37. The molecule has 19 heavy (non-hydrogen) atoms. The Hall–Kier alpha value is -2.41. The first-order chi connectivity index (χ1) is 9.16. The van der Waals surface area contributed by atoms with Gasteiger partial charge in [-0.25, -0.2) is 10.1 Å². The van der Waals surface area contributed by atoms with Crippen LogP contribution in [-0.2, 0) is 11.2 Å². The van der Waals surface area contributed by atoms with Crippen LogP contribution in [0.1, 0.15) is 11.3 Å². The number of hydrogen-bond donors (Lipinski definition) is 2. The second-order valence-electron chi connectivity index (χ2n) is 3.59. The average Bonchev–Trinajstić information content (AvgIpc) is 2.77. The van der Waals surface area contributed by atoms with Gasteiger partial charge in [0.15, 0.2) is 5.82 Å². The van der Waals surface area contributed by atoms with Crippen molar-refractivity contribution in [2.75, 3.05) is 5.73 Å². The lowest BCUT2D eigenvalue weighted by atomic mass is 10.2. The van der Waals surface area contributed by atoms with E-state index in [1.54, 1.807) is 18.2 Å². The lowest BCUT2D eigenvalue weighted by molar-refractivity contribution is -0.120. The molecule has 0 atom stereocenters. The number of carbonyl (C=O) groups is 1. The minimum Gasteiger partial charge on any atom is -0.379 e. The van der Waals surface area contributed by atoms with E-state index in [1.807, 2.05) is 6.07 Å². The van der Waals surface area contributed by atoms with Crippen molar-refractivity contribution >= 4 is 29.5 Å². The molecule has 0 spiro atoms. The number of aromatic nitrogens is 2. The Bertz CT molecular complexity index is 611. The first-order valence-electron chi connectivity index (χ1n) is 5.30. The van der Waals surface area contributed by atoms with E-state index in [-0.39, 0.29) is 23.8 Å². The molecular weight excluding hydrogens is 270 g/mol. The molecule has 0 aliphatic rings. The number of halogens is 1. The Labute approximate surface area is 113 Å². The van der Waals surface area contributed by atoms with Gasteiger partial charge in [0.2, 0.25) is 5.91 Å². The average molecular weight is 280 g/mol. The van der Waals surface area contributed by atoms with Gasteiger partial charge in [-0.1, -0.05) is 35.0 Å². The van der Waals surface area contributed by atoms with E-state index in [0.717, 1.165) is 0 Å². The molecule has 0 saturated heterocycles. The van der Waals surface area contributed by atoms with Crippen molar-refractivity contribution in [2.45, 2.75) is 6.42 Å². The van der Waals surface area contributed by atoms with Crippen molar-refractivity contribution in [2.24, 2.45) is 5.10 Å². The summed E-state index contributed by atoms with van der Waals surface area (Å²) in [6.45, 7) is 0. The van der Waals surface area contributed by atoms with Gasteiger partial charge in [0.25, 0.3) is 0 Å². The zero-order valence-corrected chi connectivity index (χ0v) is 10.5. The van der Waals surface area contributed by atoms with Crippen LogP contribution in [0.2, 0.25) is 5.02 Å². The molecule has 0 bridgehead atoms. The summed E-state index contributed by atoms with van der Waals surface area (Å²) >= 11 is 5.92. The van der Waals surface area contributed by atoms with Crippen LogP contribution in [0.4, 0.5) is 5.82 Å². The van der Waals surface area contributed by atoms with Crippen molar-refractivity contribution in [3.63, 3.8) is 0 Å². The molecule has 1 aromatic heterocycles. The molecule has 1 aromatic carbocycles. The van der Waals surface area contributed by atoms with Crippen LogP contribution in [0.5, 0.6) is 0 Å². The minimum atomic E-state index is -0.384. The van der Waals surface area contributed by atoms with Gasteiger partial charge in [-0.2, -0.15) is 5.10 Å². The monoisotopic (exact) mass is 279 g/mol. The normalized spacial score (nSPS) is 10.8. The largest absolute Gasteiger partial charge is 0.379 e. The fourth-order valence-electron chi connectivity index (χ4n) is 1.28. The minimum absolute atomic E-state index is 0.0603. The third-order valence-electron chi connectivity index (χ3n) is 2.21. The standard InChI is InChI=1S/C11H10ClN5O2/c12-8-4-2-1-3-7(8)6-14-15-10(18)5-9-11(13)17-19-16-9/h1-4,6H,5H2,(H2,13,17)(H,15,18)/b14-6+. The topological polar surface area (TPSA) is 106 Å². The highest BCUT2D eigenvalue weighted by Gasteiger charge is 2.10. The van der Waals surface area contributed by atoms with Crippen LogP contribution in [0, 0.1) is 0 Å². The van der Waals surface area contributed by atoms with Crippen LogP contribution in [0.25, 0.3) is 0 Å². The van der Waals surface area contributed by atoms with E-state index in [0.29, 0.717) is 10.6 Å². The number of carbonyl (C=O) groups excluding carboxylic acids is 1. The number of nitrogen functional groups attached to an aromatic ring is 1. The van der Waals surface area contributed by atoms with Gasteiger partial charge in [0.1, 0.15) is 5.69 Å². The van der Waals surface area contributed by atoms with Crippen LogP contribution in [-0.4, -0.2) is 22.4 Å². The molecule has 0 radical (unpaired) electrons. The Kier molecular flexibility index (Phi) is 4.09. The number of rotatable bonds is 4. The molecule has 3 N–H and O–H groups in total. The SMILES string of the molecule is Nc1nonc1CC(=O)N/N=C/c1ccccc1Cl. The first-order valence-corrected chi connectivity index (χ1v) is 5.68. The summed E-state index contributed by atoms with van der Waals surface area (Å²) in [5.41, 5.74) is 8.73. The molecule has 0 fully saturated rings. The maximum Gasteiger partial charge on any atom is 0.246 e. The zero-order valence-electron chi connectivity index (χ0n) is 9.71. The van der Waals surface area contributed by atoms with Gasteiger partial charge in [-0.15, -0.1) is 0 Å². The second kappa shape index (κ2) is 5.96. The number of benzene rings is 1. The van der Waals surface area contributed by atoms with E-state index < -0.39 is 0 Å². The van der Waals surface area contributed by atoms with E-state index in [9.17, 15) is 4.79 Å². The van der Waals surface area contributed by atoms with E-state index in [2.05, 4.69) is 25.5 Å². The number of nitrogens with one attached hydrogen (secondary N) is 1. The molecule has 2 rings (SSSR count). The highest BCUT2D eigenvalue weighted by atomic mass is 35.5. The van der Waals surface area contributed by atoms with Crippen LogP contribution in [0.15, 0.2) is 34.0 Å². The molecule has 0 saturated carbocycles.